The summed E-state index contributed by atoms with van der Waals surface area (Å²) in [5.41, 5.74) is -0.746. The van der Waals surface area contributed by atoms with Crippen LogP contribution in [0.2, 0.25) is 0 Å². The SMILES string of the molecule is CCN(CC1(O)CCC(C(=O)O)CC1)C(C)COC. The molecule has 0 saturated heterocycles. The van der Waals surface area contributed by atoms with E-state index in [0.717, 1.165) is 6.54 Å². The lowest BCUT2D eigenvalue weighted by Crippen LogP contribution is -2.49. The minimum Gasteiger partial charge on any atom is -0.481 e. The third kappa shape index (κ3) is 4.75. The van der Waals surface area contributed by atoms with Gasteiger partial charge in [0.25, 0.3) is 0 Å². The van der Waals surface area contributed by atoms with Crippen molar-refractivity contribution in [3.05, 3.63) is 0 Å². The first-order chi connectivity index (χ1) is 8.91. The number of carbonyl (C=O) groups is 1. The van der Waals surface area contributed by atoms with E-state index in [-0.39, 0.29) is 12.0 Å². The van der Waals surface area contributed by atoms with Gasteiger partial charge in [0, 0.05) is 19.7 Å². The van der Waals surface area contributed by atoms with E-state index in [4.69, 9.17) is 9.84 Å². The molecule has 5 heteroatoms. The molecule has 1 unspecified atom stereocenters. The fraction of sp³-hybridized carbons (Fsp3) is 0.929. The van der Waals surface area contributed by atoms with Gasteiger partial charge in [-0.3, -0.25) is 9.69 Å². The largest absolute Gasteiger partial charge is 0.481 e. The van der Waals surface area contributed by atoms with Gasteiger partial charge in [-0.05, 0) is 39.2 Å². The summed E-state index contributed by atoms with van der Waals surface area (Å²) < 4.78 is 5.16. The van der Waals surface area contributed by atoms with Crippen LogP contribution < -0.4 is 0 Å². The van der Waals surface area contributed by atoms with E-state index in [0.29, 0.717) is 38.8 Å². The summed E-state index contributed by atoms with van der Waals surface area (Å²) in [6.07, 6.45) is 2.28. The molecule has 0 spiro atoms. The first-order valence-electron chi connectivity index (χ1n) is 7.10. The molecular formula is C14H27NO4. The van der Waals surface area contributed by atoms with Crippen LogP contribution in [0, 0.1) is 5.92 Å². The third-order valence-corrected chi connectivity index (χ3v) is 4.20. The summed E-state index contributed by atoms with van der Waals surface area (Å²) in [4.78, 5) is 13.1. The number of hydrogen-bond acceptors (Lipinski definition) is 4. The van der Waals surface area contributed by atoms with Gasteiger partial charge >= 0.3 is 5.97 Å². The van der Waals surface area contributed by atoms with E-state index in [9.17, 15) is 9.90 Å². The van der Waals surface area contributed by atoms with Crippen LogP contribution >= 0.6 is 0 Å². The Balaban J connectivity index is 2.52. The van der Waals surface area contributed by atoms with Crippen LogP contribution in [-0.4, -0.2) is 59.5 Å². The predicted octanol–water partition coefficient (Wildman–Crippen LogP) is 1.35. The lowest BCUT2D eigenvalue weighted by Gasteiger charge is -2.40. The van der Waals surface area contributed by atoms with Gasteiger partial charge in [0.2, 0.25) is 0 Å². The number of aliphatic hydroxyl groups is 1. The number of methoxy groups -OCH3 is 1. The molecule has 1 saturated carbocycles. The van der Waals surface area contributed by atoms with Crippen LogP contribution in [0.25, 0.3) is 0 Å². The number of hydrogen-bond donors (Lipinski definition) is 2. The molecule has 1 aliphatic carbocycles. The summed E-state index contributed by atoms with van der Waals surface area (Å²) >= 11 is 0. The summed E-state index contributed by atoms with van der Waals surface area (Å²) in [5.74, 6) is -1.02. The van der Waals surface area contributed by atoms with Gasteiger partial charge in [0.05, 0.1) is 18.1 Å². The van der Waals surface area contributed by atoms with E-state index in [2.05, 4.69) is 18.7 Å². The average molecular weight is 273 g/mol. The highest BCUT2D eigenvalue weighted by Crippen LogP contribution is 2.33. The van der Waals surface area contributed by atoms with E-state index >= 15 is 0 Å². The minimum absolute atomic E-state index is 0.260. The number of carboxylic acid groups (broad SMARTS) is 1. The molecule has 1 atom stereocenters. The highest BCUT2D eigenvalue weighted by atomic mass is 16.5. The number of ether oxygens (including phenoxy) is 1. The van der Waals surface area contributed by atoms with Gasteiger partial charge in [0.15, 0.2) is 0 Å². The highest BCUT2D eigenvalue weighted by Gasteiger charge is 2.37. The normalized spacial score (nSPS) is 29.4. The molecule has 0 bridgehead atoms. The van der Waals surface area contributed by atoms with Crippen molar-refractivity contribution >= 4 is 5.97 Å². The standard InChI is InChI=1S/C14H27NO4/c1-4-15(11(2)9-19-3)10-14(18)7-5-12(6-8-14)13(16)17/h11-12,18H,4-10H2,1-3H3,(H,16,17). The van der Waals surface area contributed by atoms with Crippen molar-refractivity contribution in [3.8, 4) is 0 Å². The van der Waals surface area contributed by atoms with Gasteiger partial charge in [-0.15, -0.1) is 0 Å². The first kappa shape index (κ1) is 16.4. The second kappa shape index (κ2) is 7.22. The van der Waals surface area contributed by atoms with Crippen LogP contribution in [0.5, 0.6) is 0 Å². The molecule has 0 aromatic heterocycles. The maximum atomic E-state index is 10.9. The summed E-state index contributed by atoms with van der Waals surface area (Å²) in [6.45, 7) is 6.24. The number of rotatable bonds is 7. The van der Waals surface area contributed by atoms with E-state index in [1.807, 2.05) is 0 Å². The molecule has 0 aliphatic heterocycles. The van der Waals surface area contributed by atoms with Crippen LogP contribution in [-0.2, 0) is 9.53 Å². The molecule has 112 valence electrons. The second-order valence-corrected chi connectivity index (χ2v) is 5.70. The molecule has 1 rings (SSSR count). The number of nitrogens with zero attached hydrogens (tertiary/aromatic N) is 1. The Kier molecular flexibility index (Phi) is 6.23. The molecule has 1 aliphatic rings. The predicted molar refractivity (Wildman–Crippen MR) is 73.1 cm³/mol. The Morgan fingerprint density at radius 2 is 2.05 bits per heavy atom. The summed E-state index contributed by atoms with van der Waals surface area (Å²) in [5, 5.41) is 19.6. The van der Waals surface area contributed by atoms with Gasteiger partial charge < -0.3 is 14.9 Å². The van der Waals surface area contributed by atoms with E-state index < -0.39 is 11.6 Å². The van der Waals surface area contributed by atoms with Gasteiger partial charge in [-0.2, -0.15) is 0 Å². The molecular weight excluding hydrogens is 246 g/mol. The zero-order valence-corrected chi connectivity index (χ0v) is 12.3. The smallest absolute Gasteiger partial charge is 0.306 e. The molecule has 19 heavy (non-hydrogen) atoms. The molecule has 5 nitrogen and oxygen atoms in total. The molecule has 0 radical (unpaired) electrons. The number of carboxylic acids is 1. The van der Waals surface area contributed by atoms with Crippen molar-refractivity contribution in [2.75, 3.05) is 26.8 Å². The zero-order chi connectivity index (χ0) is 14.5. The minimum atomic E-state index is -0.746. The maximum absolute atomic E-state index is 10.9. The summed E-state index contributed by atoms with van der Waals surface area (Å²) in [6, 6.07) is 0.260. The zero-order valence-electron chi connectivity index (χ0n) is 12.3. The molecule has 0 aromatic rings. The van der Waals surface area contributed by atoms with Crippen LogP contribution in [0.15, 0.2) is 0 Å². The van der Waals surface area contributed by atoms with Gasteiger partial charge in [-0.25, -0.2) is 0 Å². The quantitative estimate of drug-likeness (QED) is 0.732. The van der Waals surface area contributed by atoms with Gasteiger partial charge in [0.1, 0.15) is 0 Å². The maximum Gasteiger partial charge on any atom is 0.306 e. The first-order valence-corrected chi connectivity index (χ1v) is 7.10. The lowest BCUT2D eigenvalue weighted by molar-refractivity contribution is -0.145. The Hall–Kier alpha value is -0.650. The topological polar surface area (TPSA) is 70.0 Å². The van der Waals surface area contributed by atoms with Crippen molar-refractivity contribution in [2.45, 2.75) is 51.2 Å². The monoisotopic (exact) mass is 273 g/mol. The van der Waals surface area contributed by atoms with E-state index in [1.165, 1.54) is 0 Å². The number of aliphatic carboxylic acids is 1. The van der Waals surface area contributed by atoms with E-state index in [1.54, 1.807) is 7.11 Å². The number of likely N-dealkylation sites (N-methyl/N-ethyl adjacent to an activating group) is 1. The average Bonchev–Trinajstić information content (AvgIpc) is 2.36. The third-order valence-electron chi connectivity index (χ3n) is 4.20. The van der Waals surface area contributed by atoms with Crippen molar-refractivity contribution in [1.82, 2.24) is 4.90 Å². The van der Waals surface area contributed by atoms with Crippen molar-refractivity contribution in [1.29, 1.82) is 0 Å². The lowest BCUT2D eigenvalue weighted by atomic mass is 9.78. The highest BCUT2D eigenvalue weighted by molar-refractivity contribution is 5.70. The van der Waals surface area contributed by atoms with Crippen LogP contribution in [0.4, 0.5) is 0 Å². The van der Waals surface area contributed by atoms with Crippen molar-refractivity contribution in [2.24, 2.45) is 5.92 Å². The van der Waals surface area contributed by atoms with Gasteiger partial charge in [-0.1, -0.05) is 6.92 Å². The van der Waals surface area contributed by atoms with Crippen LogP contribution in [0.1, 0.15) is 39.5 Å². The summed E-state index contributed by atoms with van der Waals surface area (Å²) in [7, 11) is 1.68. The second-order valence-electron chi connectivity index (χ2n) is 5.70. The Morgan fingerprint density at radius 3 is 2.47 bits per heavy atom. The van der Waals surface area contributed by atoms with Crippen molar-refractivity contribution < 1.29 is 19.7 Å². The molecule has 2 N–H and O–H groups in total. The Bertz CT molecular complexity index is 287. The fourth-order valence-electron chi connectivity index (χ4n) is 2.86. The Morgan fingerprint density at radius 1 is 1.47 bits per heavy atom. The molecule has 0 heterocycles. The van der Waals surface area contributed by atoms with Crippen LogP contribution in [0.3, 0.4) is 0 Å². The Labute approximate surface area is 115 Å². The molecule has 1 fully saturated rings. The molecule has 0 amide bonds. The molecule has 0 aromatic carbocycles. The van der Waals surface area contributed by atoms with Crippen molar-refractivity contribution in [3.63, 3.8) is 0 Å². The fourth-order valence-corrected chi connectivity index (χ4v) is 2.86.